The molecule has 242 valence electrons. The van der Waals surface area contributed by atoms with E-state index in [0.29, 0.717) is 0 Å². The van der Waals surface area contributed by atoms with Crippen LogP contribution >= 0.6 is 0 Å². The minimum atomic E-state index is -0.582. The van der Waals surface area contributed by atoms with Crippen molar-refractivity contribution < 1.29 is 66.8 Å². The van der Waals surface area contributed by atoms with E-state index in [-0.39, 0.29) is 92.4 Å². The van der Waals surface area contributed by atoms with Crippen molar-refractivity contribution in [2.45, 2.75) is 0 Å². The van der Waals surface area contributed by atoms with Crippen molar-refractivity contribution in [2.24, 2.45) is 20.0 Å². The molecule has 0 aliphatic rings. The summed E-state index contributed by atoms with van der Waals surface area (Å²) in [4.78, 5) is 39.2. The first-order chi connectivity index (χ1) is 23.4. The van der Waals surface area contributed by atoms with Gasteiger partial charge in [-0.2, -0.15) is 0 Å². The van der Waals surface area contributed by atoms with Gasteiger partial charge in [-0.05, 0) is 72.8 Å². The molecule has 0 atom stereocenters. The van der Waals surface area contributed by atoms with Crippen molar-refractivity contribution in [3.8, 4) is 0 Å². The van der Waals surface area contributed by atoms with E-state index >= 15 is 0 Å². The molecule has 0 fully saturated rings. The van der Waals surface area contributed by atoms with Gasteiger partial charge < -0.3 is 20.4 Å². The van der Waals surface area contributed by atoms with Gasteiger partial charge in [0.15, 0.2) is 23.3 Å². The molecule has 6 rings (SSSR count). The second-order valence-corrected chi connectivity index (χ2v) is 9.24. The fourth-order valence-electron chi connectivity index (χ4n) is 3.67. The first-order valence-electron chi connectivity index (χ1n) is 14.1. The molecule has 0 aliphatic heterocycles. The molecule has 0 bridgehead atoms. The van der Waals surface area contributed by atoms with Crippen LogP contribution in [0.4, 0.5) is 23.3 Å². The van der Waals surface area contributed by atoms with Crippen LogP contribution in [0.15, 0.2) is 154 Å². The maximum atomic E-state index is 12.1. The summed E-state index contributed by atoms with van der Waals surface area (Å²) in [5.74, 6) is -1.22. The van der Waals surface area contributed by atoms with Gasteiger partial charge in [-0.25, -0.2) is 49.9 Å². The number of aromatic nitrogens is 6. The Hall–Kier alpha value is -5.71. The number of hydrogen-bond donors (Lipinski definition) is 0. The summed E-state index contributed by atoms with van der Waals surface area (Å²) < 4.78 is 0. The van der Waals surface area contributed by atoms with E-state index in [1.54, 1.807) is 84.9 Å². The van der Waals surface area contributed by atoms with E-state index in [1.807, 2.05) is 0 Å². The molecule has 0 N–H and O–H groups in total. The third-order valence-corrected chi connectivity index (χ3v) is 5.84. The Kier molecular flexibility index (Phi) is 15.5. The summed E-state index contributed by atoms with van der Waals surface area (Å²) in [7, 11) is 0. The van der Waals surface area contributed by atoms with Crippen molar-refractivity contribution in [1.29, 1.82) is 0 Å². The molecule has 14 nitrogen and oxygen atoms in total. The second-order valence-electron chi connectivity index (χ2n) is 9.24. The normalized spacial score (nSPS) is 11.7. The van der Waals surface area contributed by atoms with Crippen LogP contribution in [0.25, 0.3) is 0 Å². The van der Waals surface area contributed by atoms with E-state index < -0.39 is 23.6 Å². The van der Waals surface area contributed by atoms with Crippen molar-refractivity contribution in [3.05, 3.63) is 157 Å². The van der Waals surface area contributed by atoms with Gasteiger partial charge in [-0.15, -0.1) is 0 Å². The van der Waals surface area contributed by atoms with Crippen molar-refractivity contribution in [2.75, 3.05) is 0 Å². The largest absolute Gasteiger partial charge is 3.00 e. The third kappa shape index (κ3) is 11.8. The zero-order chi connectivity index (χ0) is 33.6. The fraction of sp³-hybridized carbons (Fsp3) is 0. The molecule has 0 aliphatic carbocycles. The van der Waals surface area contributed by atoms with Crippen molar-refractivity contribution in [1.82, 2.24) is 29.9 Å². The smallest absolute Gasteiger partial charge is 0.857 e. The predicted molar refractivity (Wildman–Crippen MR) is 170 cm³/mol. The van der Waals surface area contributed by atoms with E-state index in [4.69, 9.17) is 0 Å². The predicted octanol–water partition coefficient (Wildman–Crippen LogP) is -1.50. The molecule has 0 saturated heterocycles. The summed E-state index contributed by atoms with van der Waals surface area (Å²) in [5.41, 5.74) is 0.177. The summed E-state index contributed by atoms with van der Waals surface area (Å²) >= 11 is 0. The van der Waals surface area contributed by atoms with Crippen LogP contribution in [0.5, 0.6) is 0 Å². The van der Waals surface area contributed by atoms with E-state index in [9.17, 15) is 20.4 Å². The van der Waals surface area contributed by atoms with Gasteiger partial charge in [0.2, 0.25) is 0 Å². The zero-order valence-corrected chi connectivity index (χ0v) is 29.2. The van der Waals surface area contributed by atoms with Crippen LogP contribution in [-0.4, -0.2) is 53.5 Å². The molecule has 0 unspecified atom stereocenters. The summed E-state index contributed by atoms with van der Waals surface area (Å²) in [6.45, 7) is 0. The minimum absolute atomic E-state index is 0. The molecule has 6 heterocycles. The number of rotatable bonds is 8. The molecule has 6 aromatic rings. The monoisotopic (exact) mass is 716 g/mol. The van der Waals surface area contributed by atoms with Crippen LogP contribution < -0.4 is 50.0 Å². The molecule has 0 aromatic carbocycles. The van der Waals surface area contributed by atoms with E-state index in [2.05, 4.69) is 49.9 Å². The maximum absolute atomic E-state index is 12.1. The second kappa shape index (κ2) is 20.0. The summed E-state index contributed by atoms with van der Waals surface area (Å²) in [6, 6.07) is 29.2. The van der Waals surface area contributed by atoms with Gasteiger partial charge in [0.05, 0.1) is 22.8 Å². The zero-order valence-electron chi connectivity index (χ0n) is 26.1. The summed E-state index contributed by atoms with van der Waals surface area (Å²) in [6.07, 6.45) is 6.13. The molecule has 16 heteroatoms. The van der Waals surface area contributed by atoms with Gasteiger partial charge in [0, 0.05) is 48.4 Å². The van der Waals surface area contributed by atoms with Crippen LogP contribution in [-0.2, 0) is 16.8 Å². The van der Waals surface area contributed by atoms with Crippen molar-refractivity contribution >= 4 is 46.9 Å². The quantitative estimate of drug-likeness (QED) is 0.101. The maximum Gasteiger partial charge on any atom is 3.00 e. The number of aliphatic imine (C=N–C) groups is 4. The van der Waals surface area contributed by atoms with Crippen LogP contribution in [0, 0.1) is 0 Å². The van der Waals surface area contributed by atoms with Gasteiger partial charge in [-0.3, -0.25) is 0 Å². The molecular weight excluding hydrogens is 694 g/mol. The first-order valence-corrected chi connectivity index (χ1v) is 14.1. The molecule has 50 heavy (non-hydrogen) atoms. The number of hydrogen-bond acceptors (Lipinski definition) is 14. The van der Waals surface area contributed by atoms with Gasteiger partial charge in [0.1, 0.15) is 0 Å². The molecule has 0 saturated carbocycles. The number of nitrogens with zero attached hydrogens (tertiary/aromatic N) is 10. The summed E-state index contributed by atoms with van der Waals surface area (Å²) in [5, 5.41) is 48.5. The Balaban J connectivity index is 0.000000260. The van der Waals surface area contributed by atoms with E-state index in [0.717, 1.165) is 0 Å². The first kappa shape index (κ1) is 38.7. The van der Waals surface area contributed by atoms with E-state index in [1.165, 1.54) is 49.1 Å². The van der Waals surface area contributed by atoms with Gasteiger partial charge >= 0.3 is 46.3 Å². The fourth-order valence-corrected chi connectivity index (χ4v) is 3.67. The van der Waals surface area contributed by atoms with Crippen molar-refractivity contribution in [3.63, 3.8) is 0 Å². The molecule has 0 radical (unpaired) electrons. The minimum Gasteiger partial charge on any atom is -0.857 e. The molecule has 0 spiro atoms. The number of pyridine rings is 6. The van der Waals surface area contributed by atoms with Crippen LogP contribution in [0.1, 0.15) is 22.8 Å². The molecule has 6 aromatic heterocycles. The Morgan fingerprint density at radius 1 is 0.360 bits per heavy atom. The van der Waals surface area contributed by atoms with Crippen LogP contribution in [0.2, 0.25) is 0 Å². The molecular formula is C34H22CoN10NaO4. The Labute approximate surface area is 318 Å². The Bertz CT molecular complexity index is 1780. The Morgan fingerprint density at radius 3 is 0.800 bits per heavy atom. The Morgan fingerprint density at radius 2 is 0.600 bits per heavy atom. The van der Waals surface area contributed by atoms with Gasteiger partial charge in [-0.1, -0.05) is 36.4 Å². The standard InChI is InChI=1S/2C17H13N5O2.Co.Na/c2*23-16(21-14-8-1-3-10-18-14)12-6-5-7-13(20-12)17(24)22-15-9-2-4-11-19-15;;/h2*1-11H,(H,18,21,23)(H,19,22,24);;/q;;+3;+1/p-4. The van der Waals surface area contributed by atoms with Gasteiger partial charge in [0.25, 0.3) is 0 Å². The average molecular weight is 717 g/mol. The third-order valence-electron chi connectivity index (χ3n) is 5.84. The topological polar surface area (TPSA) is 219 Å². The average Bonchev–Trinajstić information content (AvgIpc) is 3.13. The molecule has 0 amide bonds. The van der Waals surface area contributed by atoms with Crippen LogP contribution in [0.3, 0.4) is 0 Å². The SMILES string of the molecule is [Co+3].[Na+].[O-]/C(=N\c1ccccn1)c1cccc(/C([O-])=N/c2ccccn2)n1.[O-]/C(=N\c1ccccn1)c1cccc(/C([O-])=N/c2ccccn2)n1.